The zero-order valence-corrected chi connectivity index (χ0v) is 7.31. The third-order valence-electron chi connectivity index (χ3n) is 1.17. The summed E-state index contributed by atoms with van der Waals surface area (Å²) in [6, 6.07) is 5.71. The van der Waals surface area contributed by atoms with E-state index in [2.05, 4.69) is 0 Å². The number of hydrogen-bond acceptors (Lipinski definition) is 3. The SMILES string of the molecule is O=[As]c1ccc([N+](=O)[O-])cc1. The summed E-state index contributed by atoms with van der Waals surface area (Å²) in [4.78, 5) is 9.65. The van der Waals surface area contributed by atoms with Gasteiger partial charge in [-0.2, -0.15) is 0 Å². The van der Waals surface area contributed by atoms with Crippen molar-refractivity contribution in [1.82, 2.24) is 0 Å². The molecule has 0 aliphatic rings. The molecule has 0 bridgehead atoms. The third kappa shape index (κ3) is 1.95. The Bertz CT molecular complexity index is 282. The first-order valence-electron chi connectivity index (χ1n) is 2.82. The zero-order valence-electron chi connectivity index (χ0n) is 5.43. The van der Waals surface area contributed by atoms with Crippen LogP contribution in [0.5, 0.6) is 0 Å². The summed E-state index contributed by atoms with van der Waals surface area (Å²) in [6.07, 6.45) is 0. The van der Waals surface area contributed by atoms with Crippen molar-refractivity contribution >= 4 is 25.7 Å². The molecule has 0 amide bonds. The Kier molecular flexibility index (Phi) is 2.49. The van der Waals surface area contributed by atoms with Gasteiger partial charge in [-0.1, -0.05) is 0 Å². The fraction of sp³-hybridized carbons (Fsp3) is 0. The first kappa shape index (κ1) is 8.08. The molecule has 0 radical (unpaired) electrons. The van der Waals surface area contributed by atoms with Crippen molar-refractivity contribution < 1.29 is 8.66 Å². The minimum absolute atomic E-state index is 0.0309. The summed E-state index contributed by atoms with van der Waals surface area (Å²) in [5.74, 6) is 0. The molecule has 0 aliphatic heterocycles. The molecule has 0 heterocycles. The van der Waals surface area contributed by atoms with E-state index in [-0.39, 0.29) is 5.69 Å². The first-order valence-corrected chi connectivity index (χ1v) is 4.52. The van der Waals surface area contributed by atoms with Crippen LogP contribution in [0.2, 0.25) is 0 Å². The Morgan fingerprint density at radius 1 is 1.27 bits per heavy atom. The molecule has 5 heteroatoms. The van der Waals surface area contributed by atoms with Gasteiger partial charge >= 0.3 is 68.8 Å². The molecule has 0 N–H and O–H groups in total. The molecule has 1 aromatic rings. The van der Waals surface area contributed by atoms with Gasteiger partial charge in [-0.3, -0.25) is 0 Å². The van der Waals surface area contributed by atoms with Crippen LogP contribution in [0.25, 0.3) is 0 Å². The van der Waals surface area contributed by atoms with E-state index >= 15 is 0 Å². The van der Waals surface area contributed by atoms with Gasteiger partial charge in [0.25, 0.3) is 0 Å². The van der Waals surface area contributed by atoms with Gasteiger partial charge in [0.05, 0.1) is 0 Å². The number of hydrogen-bond donors (Lipinski definition) is 0. The third-order valence-corrected chi connectivity index (χ3v) is 2.23. The summed E-state index contributed by atoms with van der Waals surface area (Å²) in [5, 5.41) is 10.1. The maximum atomic E-state index is 10.3. The number of nitrogens with zero attached hydrogens (tertiary/aromatic N) is 1. The van der Waals surface area contributed by atoms with Crippen LogP contribution in [0.4, 0.5) is 5.69 Å². The Morgan fingerprint density at radius 2 is 1.82 bits per heavy atom. The molecule has 0 unspecified atom stereocenters. The van der Waals surface area contributed by atoms with Gasteiger partial charge in [-0.15, -0.1) is 0 Å². The van der Waals surface area contributed by atoms with Gasteiger partial charge in [0, 0.05) is 0 Å². The molecule has 0 spiro atoms. The van der Waals surface area contributed by atoms with E-state index in [1.54, 1.807) is 0 Å². The first-order chi connectivity index (χ1) is 5.24. The van der Waals surface area contributed by atoms with E-state index in [0.29, 0.717) is 4.35 Å². The summed E-state index contributed by atoms with van der Waals surface area (Å²) < 4.78 is 11.0. The van der Waals surface area contributed by atoms with Crippen molar-refractivity contribution in [2.45, 2.75) is 0 Å². The number of rotatable bonds is 2. The Balaban J connectivity index is 3.00. The van der Waals surface area contributed by atoms with Crippen LogP contribution in [0.1, 0.15) is 0 Å². The molecule has 0 atom stereocenters. The molecule has 1 aromatic carbocycles. The molecular formula is C6H4AsNO3. The number of nitro groups is 1. The molecule has 1 rings (SSSR count). The second-order valence-corrected chi connectivity index (χ2v) is 3.33. The second-order valence-electron chi connectivity index (χ2n) is 1.86. The van der Waals surface area contributed by atoms with Crippen molar-refractivity contribution in [2.24, 2.45) is 0 Å². The number of nitro benzene ring substituents is 1. The van der Waals surface area contributed by atoms with Gasteiger partial charge in [-0.25, -0.2) is 0 Å². The molecule has 56 valence electrons. The number of benzene rings is 1. The summed E-state index contributed by atoms with van der Waals surface area (Å²) in [5.41, 5.74) is 0.0309. The van der Waals surface area contributed by atoms with Crippen molar-refractivity contribution in [1.29, 1.82) is 0 Å². The molecule has 0 aliphatic carbocycles. The Labute approximate surface area is 69.3 Å². The average Bonchev–Trinajstić information content (AvgIpc) is 2.05. The predicted molar refractivity (Wildman–Crippen MR) is 39.2 cm³/mol. The van der Waals surface area contributed by atoms with Crippen molar-refractivity contribution in [3.63, 3.8) is 0 Å². The normalized spacial score (nSPS) is 9.82. The van der Waals surface area contributed by atoms with E-state index in [1.165, 1.54) is 24.3 Å². The van der Waals surface area contributed by atoms with E-state index in [1.807, 2.05) is 0 Å². The quantitative estimate of drug-likeness (QED) is 0.402. The second kappa shape index (κ2) is 3.39. The summed E-state index contributed by atoms with van der Waals surface area (Å²) >= 11 is -1.07. The van der Waals surface area contributed by atoms with Crippen molar-refractivity contribution in [3.8, 4) is 0 Å². The standard InChI is InChI=1S/C6H4AsNO3/c9-7-5-1-3-6(4-2-5)8(10)11/h1-4H. The average molecular weight is 213 g/mol. The maximum absolute atomic E-state index is 10.3. The zero-order chi connectivity index (χ0) is 8.27. The van der Waals surface area contributed by atoms with Crippen LogP contribution in [0.15, 0.2) is 24.3 Å². The monoisotopic (exact) mass is 213 g/mol. The fourth-order valence-corrected chi connectivity index (χ4v) is 1.20. The van der Waals surface area contributed by atoms with Crippen LogP contribution >= 0.6 is 0 Å². The van der Waals surface area contributed by atoms with Gasteiger partial charge in [0.15, 0.2) is 0 Å². The molecule has 0 fully saturated rings. The van der Waals surface area contributed by atoms with Crippen molar-refractivity contribution in [3.05, 3.63) is 34.4 Å². The van der Waals surface area contributed by atoms with Crippen LogP contribution in [0.3, 0.4) is 0 Å². The van der Waals surface area contributed by atoms with Gasteiger partial charge in [0.2, 0.25) is 0 Å². The molecule has 4 nitrogen and oxygen atoms in total. The van der Waals surface area contributed by atoms with E-state index in [9.17, 15) is 13.9 Å². The van der Waals surface area contributed by atoms with Crippen LogP contribution in [-0.2, 0) is 3.74 Å². The van der Waals surface area contributed by atoms with Gasteiger partial charge in [0.1, 0.15) is 0 Å². The minimum atomic E-state index is -1.07. The van der Waals surface area contributed by atoms with E-state index in [4.69, 9.17) is 0 Å². The summed E-state index contributed by atoms with van der Waals surface area (Å²) in [6.45, 7) is 0. The van der Waals surface area contributed by atoms with Gasteiger partial charge in [-0.05, 0) is 0 Å². The van der Waals surface area contributed by atoms with E-state index < -0.39 is 20.6 Å². The molecule has 0 saturated carbocycles. The molecule has 0 aromatic heterocycles. The molecular weight excluding hydrogens is 209 g/mol. The van der Waals surface area contributed by atoms with Gasteiger partial charge < -0.3 is 0 Å². The summed E-state index contributed by atoms with van der Waals surface area (Å²) in [7, 11) is 0. The topological polar surface area (TPSA) is 60.2 Å². The predicted octanol–water partition coefficient (Wildman–Crippen LogP) is 0.270. The Hall–Kier alpha value is -1.02. The molecule has 0 saturated heterocycles. The van der Waals surface area contributed by atoms with E-state index in [0.717, 1.165) is 0 Å². The van der Waals surface area contributed by atoms with Crippen LogP contribution in [0, 0.1) is 10.1 Å². The fourth-order valence-electron chi connectivity index (χ4n) is 0.635. The Morgan fingerprint density at radius 3 is 2.18 bits per heavy atom. The van der Waals surface area contributed by atoms with Crippen LogP contribution < -0.4 is 4.35 Å². The van der Waals surface area contributed by atoms with Crippen molar-refractivity contribution in [2.75, 3.05) is 0 Å². The number of non-ortho nitro benzene ring substituents is 1. The van der Waals surface area contributed by atoms with Crippen LogP contribution in [-0.4, -0.2) is 20.6 Å². The molecule has 11 heavy (non-hydrogen) atoms.